The van der Waals surface area contributed by atoms with Crippen LogP contribution in [0.2, 0.25) is 0 Å². The third-order valence-corrected chi connectivity index (χ3v) is 3.27. The number of rotatable bonds is 6. The van der Waals surface area contributed by atoms with Crippen molar-refractivity contribution < 1.29 is 19.4 Å². The summed E-state index contributed by atoms with van der Waals surface area (Å²) in [7, 11) is 1.57. The van der Waals surface area contributed by atoms with Crippen LogP contribution in [-0.2, 0) is 16.0 Å². The number of methoxy groups -OCH3 is 1. The molecule has 0 saturated carbocycles. The Morgan fingerprint density at radius 1 is 1.50 bits per heavy atom. The quantitative estimate of drug-likeness (QED) is 0.809. The molecule has 0 aliphatic carbocycles. The lowest BCUT2D eigenvalue weighted by atomic mass is 10.1. The van der Waals surface area contributed by atoms with Crippen LogP contribution < -0.4 is 0 Å². The number of nitrogens with zero attached hydrogens (tertiary/aromatic N) is 1. The van der Waals surface area contributed by atoms with Crippen molar-refractivity contribution in [1.82, 2.24) is 4.90 Å². The zero-order chi connectivity index (χ0) is 14.4. The van der Waals surface area contributed by atoms with Gasteiger partial charge in [0.15, 0.2) is 0 Å². The van der Waals surface area contributed by atoms with Crippen molar-refractivity contribution in [1.29, 1.82) is 0 Å². The molecule has 0 spiro atoms. The Balaban J connectivity index is 2.01. The van der Waals surface area contributed by atoms with E-state index < -0.39 is 6.09 Å². The largest absolute Gasteiger partial charge is 0.465 e. The molecule has 0 aromatic heterocycles. The van der Waals surface area contributed by atoms with Gasteiger partial charge in [0.2, 0.25) is 0 Å². The molecule has 1 heterocycles. The first-order valence-electron chi connectivity index (χ1n) is 6.53. The highest BCUT2D eigenvalue weighted by Crippen LogP contribution is 2.14. The molecule has 1 N–H and O–H groups in total. The van der Waals surface area contributed by atoms with Crippen molar-refractivity contribution in [2.24, 2.45) is 0 Å². The van der Waals surface area contributed by atoms with Crippen LogP contribution in [-0.4, -0.2) is 48.6 Å². The molecule has 0 radical (unpaired) electrons. The predicted molar refractivity (Wildman–Crippen MR) is 74.6 cm³/mol. The maximum atomic E-state index is 11.4. The Morgan fingerprint density at radius 3 is 2.80 bits per heavy atom. The number of carboxylic acid groups (broad SMARTS) is 1. The maximum Gasteiger partial charge on any atom is 0.407 e. The highest BCUT2D eigenvalue weighted by atomic mass is 16.5. The van der Waals surface area contributed by atoms with E-state index in [2.05, 4.69) is 0 Å². The molecular weight excluding hydrogens is 258 g/mol. The number of benzene rings is 1. The number of hydrogen-bond donors (Lipinski definition) is 1. The summed E-state index contributed by atoms with van der Waals surface area (Å²) in [6.45, 7) is 1.17. The fraction of sp³-hybridized carbons (Fsp3) is 0.400. The molecule has 1 aromatic carbocycles. The first kappa shape index (κ1) is 14.6. The smallest absolute Gasteiger partial charge is 0.407 e. The van der Waals surface area contributed by atoms with E-state index in [0.717, 1.165) is 5.56 Å². The van der Waals surface area contributed by atoms with Gasteiger partial charge in [-0.3, -0.25) is 0 Å². The Hall–Kier alpha value is -1.85. The van der Waals surface area contributed by atoms with Gasteiger partial charge < -0.3 is 19.5 Å². The van der Waals surface area contributed by atoms with Crippen LogP contribution in [0.25, 0.3) is 0 Å². The highest BCUT2D eigenvalue weighted by molar-refractivity contribution is 5.65. The molecule has 2 atom stereocenters. The average Bonchev–Trinajstić information content (AvgIpc) is 2.98. The molecule has 5 nitrogen and oxygen atoms in total. The average molecular weight is 277 g/mol. The summed E-state index contributed by atoms with van der Waals surface area (Å²) < 4.78 is 10.9. The number of amides is 1. The Bertz CT molecular complexity index is 460. The van der Waals surface area contributed by atoms with Crippen molar-refractivity contribution >= 4 is 6.09 Å². The fourth-order valence-corrected chi connectivity index (χ4v) is 2.19. The SMILES string of the molecule is CO[C@H](CN(Cc1ccccc1)C(=O)O)[C@@H]1C=CCO1. The molecule has 0 bridgehead atoms. The van der Waals surface area contributed by atoms with Gasteiger partial charge in [-0.1, -0.05) is 42.5 Å². The lowest BCUT2D eigenvalue weighted by Crippen LogP contribution is -2.42. The summed E-state index contributed by atoms with van der Waals surface area (Å²) in [6, 6.07) is 9.51. The zero-order valence-corrected chi connectivity index (χ0v) is 11.4. The van der Waals surface area contributed by atoms with Crippen LogP contribution >= 0.6 is 0 Å². The topological polar surface area (TPSA) is 59.0 Å². The van der Waals surface area contributed by atoms with E-state index in [9.17, 15) is 9.90 Å². The van der Waals surface area contributed by atoms with Gasteiger partial charge in [0.05, 0.1) is 13.2 Å². The molecule has 2 rings (SSSR count). The summed E-state index contributed by atoms with van der Waals surface area (Å²) in [5.41, 5.74) is 0.952. The van der Waals surface area contributed by atoms with Crippen molar-refractivity contribution in [3.8, 4) is 0 Å². The summed E-state index contributed by atoms with van der Waals surface area (Å²) in [4.78, 5) is 12.7. The van der Waals surface area contributed by atoms with E-state index in [1.54, 1.807) is 7.11 Å². The Morgan fingerprint density at radius 2 is 2.25 bits per heavy atom. The minimum atomic E-state index is -0.960. The highest BCUT2D eigenvalue weighted by Gasteiger charge is 2.26. The molecule has 0 fully saturated rings. The van der Waals surface area contributed by atoms with Gasteiger partial charge in [0.1, 0.15) is 12.2 Å². The minimum Gasteiger partial charge on any atom is -0.465 e. The van der Waals surface area contributed by atoms with Gasteiger partial charge in [-0.05, 0) is 5.56 Å². The molecule has 1 aliphatic heterocycles. The molecule has 1 amide bonds. The van der Waals surface area contributed by atoms with E-state index in [0.29, 0.717) is 13.2 Å². The molecule has 0 unspecified atom stereocenters. The van der Waals surface area contributed by atoms with Crippen LogP contribution in [0.3, 0.4) is 0 Å². The van der Waals surface area contributed by atoms with E-state index in [1.807, 2.05) is 42.5 Å². The van der Waals surface area contributed by atoms with Gasteiger partial charge in [-0.15, -0.1) is 0 Å². The van der Waals surface area contributed by atoms with Gasteiger partial charge in [-0.25, -0.2) is 4.79 Å². The van der Waals surface area contributed by atoms with Crippen LogP contribution in [0.4, 0.5) is 4.79 Å². The van der Waals surface area contributed by atoms with Gasteiger partial charge in [0, 0.05) is 13.7 Å². The second kappa shape index (κ2) is 7.07. The summed E-state index contributed by atoms with van der Waals surface area (Å²) >= 11 is 0. The second-order valence-corrected chi connectivity index (χ2v) is 4.65. The normalized spacial score (nSPS) is 18.9. The van der Waals surface area contributed by atoms with Crippen molar-refractivity contribution in [3.05, 3.63) is 48.0 Å². The van der Waals surface area contributed by atoms with Crippen molar-refractivity contribution in [3.63, 3.8) is 0 Å². The van der Waals surface area contributed by atoms with Gasteiger partial charge >= 0.3 is 6.09 Å². The molecule has 20 heavy (non-hydrogen) atoms. The third-order valence-electron chi connectivity index (χ3n) is 3.27. The fourth-order valence-electron chi connectivity index (χ4n) is 2.19. The Kier molecular flexibility index (Phi) is 5.15. The Labute approximate surface area is 118 Å². The first-order chi connectivity index (χ1) is 9.70. The van der Waals surface area contributed by atoms with E-state index in [4.69, 9.17) is 9.47 Å². The van der Waals surface area contributed by atoms with Crippen LogP contribution in [0.5, 0.6) is 0 Å². The standard InChI is InChI=1S/C15H19NO4/c1-19-14(13-8-5-9-20-13)11-16(15(17)18)10-12-6-3-2-4-7-12/h2-8,13-14H,9-11H2,1H3,(H,17,18)/t13-,14+/m0/s1. The van der Waals surface area contributed by atoms with E-state index >= 15 is 0 Å². The zero-order valence-electron chi connectivity index (χ0n) is 11.4. The van der Waals surface area contributed by atoms with Gasteiger partial charge in [-0.2, -0.15) is 0 Å². The molecular formula is C15H19NO4. The lowest BCUT2D eigenvalue weighted by Gasteiger charge is -2.27. The molecule has 1 aliphatic rings. The molecule has 0 saturated heterocycles. The number of hydrogen-bond acceptors (Lipinski definition) is 3. The number of carbonyl (C=O) groups is 1. The third kappa shape index (κ3) is 3.82. The van der Waals surface area contributed by atoms with E-state index in [1.165, 1.54) is 4.90 Å². The minimum absolute atomic E-state index is 0.183. The maximum absolute atomic E-state index is 11.4. The first-order valence-corrected chi connectivity index (χ1v) is 6.53. The monoisotopic (exact) mass is 277 g/mol. The lowest BCUT2D eigenvalue weighted by molar-refractivity contribution is -0.0287. The number of ether oxygens (including phenoxy) is 2. The molecule has 5 heteroatoms. The summed E-state index contributed by atoms with van der Waals surface area (Å²) in [6.07, 6.45) is 2.39. The van der Waals surface area contributed by atoms with Crippen LogP contribution in [0.1, 0.15) is 5.56 Å². The van der Waals surface area contributed by atoms with Crippen molar-refractivity contribution in [2.45, 2.75) is 18.8 Å². The van der Waals surface area contributed by atoms with Gasteiger partial charge in [0.25, 0.3) is 0 Å². The van der Waals surface area contributed by atoms with E-state index in [-0.39, 0.29) is 18.8 Å². The molecule has 1 aromatic rings. The summed E-state index contributed by atoms with van der Waals surface area (Å²) in [5.74, 6) is 0. The van der Waals surface area contributed by atoms with Crippen LogP contribution in [0, 0.1) is 0 Å². The molecule has 108 valence electrons. The second-order valence-electron chi connectivity index (χ2n) is 4.65. The van der Waals surface area contributed by atoms with Crippen molar-refractivity contribution in [2.75, 3.05) is 20.3 Å². The van der Waals surface area contributed by atoms with Crippen LogP contribution in [0.15, 0.2) is 42.5 Å². The predicted octanol–water partition coefficient (Wildman–Crippen LogP) is 2.14. The summed E-state index contributed by atoms with van der Waals surface area (Å²) in [5, 5.41) is 9.33.